The van der Waals surface area contributed by atoms with Crippen LogP contribution in [0.5, 0.6) is 11.5 Å². The van der Waals surface area contributed by atoms with Crippen LogP contribution in [0.3, 0.4) is 0 Å². The van der Waals surface area contributed by atoms with Gasteiger partial charge in [0.25, 0.3) is 0 Å². The lowest BCUT2D eigenvalue weighted by atomic mass is 10.1. The first-order valence-electron chi connectivity index (χ1n) is 9.25. The second-order valence-electron chi connectivity index (χ2n) is 7.12. The molecule has 1 heterocycles. The van der Waals surface area contributed by atoms with Gasteiger partial charge in [-0.3, -0.25) is 4.90 Å². The van der Waals surface area contributed by atoms with Gasteiger partial charge in [-0.15, -0.1) is 0 Å². The standard InChI is InChI=1S/C21H24ClNO3/c22-17-8-6-16(7-9-17)19(24)13-23(18-3-1-2-4-18)12-15-5-10-20-21(11-15)26-14-25-20/h5-11,18-19,24H,1-4,12-14H2/t19-/m0/s1. The van der Waals surface area contributed by atoms with Gasteiger partial charge < -0.3 is 14.6 Å². The van der Waals surface area contributed by atoms with E-state index in [1.54, 1.807) is 0 Å². The Bertz CT molecular complexity index is 743. The van der Waals surface area contributed by atoms with E-state index < -0.39 is 6.10 Å². The van der Waals surface area contributed by atoms with Crippen molar-refractivity contribution in [2.24, 2.45) is 0 Å². The van der Waals surface area contributed by atoms with E-state index in [-0.39, 0.29) is 0 Å². The lowest BCUT2D eigenvalue weighted by molar-refractivity contribution is 0.0826. The zero-order valence-electron chi connectivity index (χ0n) is 14.7. The van der Waals surface area contributed by atoms with Crippen LogP contribution < -0.4 is 9.47 Å². The van der Waals surface area contributed by atoms with Gasteiger partial charge in [0.1, 0.15) is 0 Å². The van der Waals surface area contributed by atoms with Crippen molar-refractivity contribution in [3.63, 3.8) is 0 Å². The highest BCUT2D eigenvalue weighted by Crippen LogP contribution is 2.34. The summed E-state index contributed by atoms with van der Waals surface area (Å²) in [6, 6.07) is 14.1. The Hall–Kier alpha value is -1.75. The summed E-state index contributed by atoms with van der Waals surface area (Å²) in [5, 5.41) is 11.4. The van der Waals surface area contributed by atoms with Crippen molar-refractivity contribution in [2.45, 2.75) is 44.4 Å². The van der Waals surface area contributed by atoms with Crippen LogP contribution >= 0.6 is 11.6 Å². The molecule has 1 N–H and O–H groups in total. The Balaban J connectivity index is 1.49. The predicted molar refractivity (Wildman–Crippen MR) is 102 cm³/mol. The minimum absolute atomic E-state index is 0.292. The summed E-state index contributed by atoms with van der Waals surface area (Å²) in [5.74, 6) is 1.62. The summed E-state index contributed by atoms with van der Waals surface area (Å²) in [7, 11) is 0. The molecule has 2 aromatic rings. The third-order valence-electron chi connectivity index (χ3n) is 5.33. The summed E-state index contributed by atoms with van der Waals surface area (Å²) in [6.07, 6.45) is 4.39. The van der Waals surface area contributed by atoms with E-state index in [1.807, 2.05) is 30.3 Å². The number of hydrogen-bond acceptors (Lipinski definition) is 4. The minimum Gasteiger partial charge on any atom is -0.454 e. The van der Waals surface area contributed by atoms with Crippen LogP contribution in [0.2, 0.25) is 5.02 Å². The average Bonchev–Trinajstić information content (AvgIpc) is 3.33. The van der Waals surface area contributed by atoms with Gasteiger partial charge in [0.15, 0.2) is 11.5 Å². The van der Waals surface area contributed by atoms with Crippen molar-refractivity contribution in [1.29, 1.82) is 0 Å². The average molecular weight is 374 g/mol. The Morgan fingerprint density at radius 3 is 2.54 bits per heavy atom. The minimum atomic E-state index is -0.526. The number of nitrogens with zero attached hydrogens (tertiary/aromatic N) is 1. The quantitative estimate of drug-likeness (QED) is 0.806. The second kappa shape index (κ2) is 7.87. The van der Waals surface area contributed by atoms with Gasteiger partial charge in [-0.05, 0) is 48.2 Å². The normalized spacial score (nSPS) is 17.8. The molecule has 2 aliphatic rings. The fourth-order valence-corrected chi connectivity index (χ4v) is 4.02. The lowest BCUT2D eigenvalue weighted by Crippen LogP contribution is -2.36. The molecule has 4 nitrogen and oxygen atoms in total. The summed E-state index contributed by atoms with van der Waals surface area (Å²) >= 11 is 5.97. The molecule has 5 heteroatoms. The summed E-state index contributed by atoms with van der Waals surface area (Å²) in [4.78, 5) is 2.41. The molecule has 0 spiro atoms. The number of ether oxygens (including phenoxy) is 2. The van der Waals surface area contributed by atoms with E-state index in [0.717, 1.165) is 23.6 Å². The first-order chi connectivity index (χ1) is 12.7. The van der Waals surface area contributed by atoms with Crippen LogP contribution in [0.4, 0.5) is 0 Å². The number of aliphatic hydroxyl groups excluding tert-OH is 1. The molecule has 1 atom stereocenters. The molecule has 4 rings (SSSR count). The maximum atomic E-state index is 10.7. The molecule has 1 aliphatic heterocycles. The third kappa shape index (κ3) is 3.98. The predicted octanol–water partition coefficient (Wildman–Crippen LogP) is 4.55. The van der Waals surface area contributed by atoms with Gasteiger partial charge >= 0.3 is 0 Å². The number of aliphatic hydroxyl groups is 1. The van der Waals surface area contributed by atoms with Crippen molar-refractivity contribution < 1.29 is 14.6 Å². The van der Waals surface area contributed by atoms with E-state index in [1.165, 1.54) is 31.2 Å². The number of hydrogen-bond donors (Lipinski definition) is 1. The van der Waals surface area contributed by atoms with Gasteiger partial charge in [0, 0.05) is 24.2 Å². The van der Waals surface area contributed by atoms with Gasteiger partial charge in [-0.1, -0.05) is 42.6 Å². The molecule has 0 unspecified atom stereocenters. The summed E-state index contributed by atoms with van der Waals surface area (Å²) < 4.78 is 10.9. The maximum Gasteiger partial charge on any atom is 0.231 e. The fraction of sp³-hybridized carbons (Fsp3) is 0.429. The molecule has 26 heavy (non-hydrogen) atoms. The van der Waals surface area contributed by atoms with E-state index in [4.69, 9.17) is 21.1 Å². The van der Waals surface area contributed by atoms with Crippen LogP contribution in [0, 0.1) is 0 Å². The highest BCUT2D eigenvalue weighted by atomic mass is 35.5. The smallest absolute Gasteiger partial charge is 0.231 e. The number of fused-ring (bicyclic) bond motifs is 1. The number of benzene rings is 2. The molecule has 2 aromatic carbocycles. The van der Waals surface area contributed by atoms with Gasteiger partial charge in [-0.25, -0.2) is 0 Å². The Morgan fingerprint density at radius 1 is 1.04 bits per heavy atom. The molecule has 0 amide bonds. The van der Waals surface area contributed by atoms with E-state index >= 15 is 0 Å². The lowest BCUT2D eigenvalue weighted by Gasteiger charge is -2.31. The molecular formula is C21H24ClNO3. The topological polar surface area (TPSA) is 41.9 Å². The first kappa shape index (κ1) is 17.7. The Labute approximate surface area is 159 Å². The molecule has 0 saturated heterocycles. The van der Waals surface area contributed by atoms with E-state index in [9.17, 15) is 5.11 Å². The van der Waals surface area contributed by atoms with E-state index in [0.29, 0.717) is 24.4 Å². The van der Waals surface area contributed by atoms with Crippen LogP contribution in [0.1, 0.15) is 42.9 Å². The molecule has 1 fully saturated rings. The molecular weight excluding hydrogens is 350 g/mol. The SMILES string of the molecule is O[C@@H](CN(Cc1ccc2c(c1)OCO2)C1CCCC1)c1ccc(Cl)cc1. The fourth-order valence-electron chi connectivity index (χ4n) is 3.90. The van der Waals surface area contributed by atoms with Crippen LogP contribution in [0.15, 0.2) is 42.5 Å². The van der Waals surface area contributed by atoms with Crippen molar-refractivity contribution in [3.05, 3.63) is 58.6 Å². The molecule has 1 aliphatic carbocycles. The summed E-state index contributed by atoms with van der Waals surface area (Å²) in [6.45, 7) is 1.70. The maximum absolute atomic E-state index is 10.7. The second-order valence-corrected chi connectivity index (χ2v) is 7.56. The van der Waals surface area contributed by atoms with Crippen molar-refractivity contribution >= 4 is 11.6 Å². The van der Waals surface area contributed by atoms with Crippen molar-refractivity contribution in [1.82, 2.24) is 4.90 Å². The zero-order chi connectivity index (χ0) is 17.9. The van der Waals surface area contributed by atoms with Crippen LogP contribution in [-0.4, -0.2) is 29.4 Å². The van der Waals surface area contributed by atoms with E-state index in [2.05, 4.69) is 17.0 Å². The van der Waals surface area contributed by atoms with Crippen molar-refractivity contribution in [3.8, 4) is 11.5 Å². The van der Waals surface area contributed by atoms with Gasteiger partial charge in [0.05, 0.1) is 6.10 Å². The number of halogens is 1. The van der Waals surface area contributed by atoms with Crippen LogP contribution in [0.25, 0.3) is 0 Å². The number of rotatable bonds is 6. The molecule has 0 bridgehead atoms. The van der Waals surface area contributed by atoms with Crippen molar-refractivity contribution in [2.75, 3.05) is 13.3 Å². The molecule has 0 aromatic heterocycles. The summed E-state index contributed by atoms with van der Waals surface area (Å²) in [5.41, 5.74) is 2.09. The monoisotopic (exact) mass is 373 g/mol. The highest BCUT2D eigenvalue weighted by Gasteiger charge is 2.26. The molecule has 1 saturated carbocycles. The first-order valence-corrected chi connectivity index (χ1v) is 9.63. The van der Waals surface area contributed by atoms with Gasteiger partial charge in [0.2, 0.25) is 6.79 Å². The molecule has 0 radical (unpaired) electrons. The highest BCUT2D eigenvalue weighted by molar-refractivity contribution is 6.30. The largest absolute Gasteiger partial charge is 0.454 e. The van der Waals surface area contributed by atoms with Gasteiger partial charge in [-0.2, -0.15) is 0 Å². The Kier molecular flexibility index (Phi) is 5.34. The zero-order valence-corrected chi connectivity index (χ0v) is 15.5. The third-order valence-corrected chi connectivity index (χ3v) is 5.58. The molecule has 138 valence electrons. The Morgan fingerprint density at radius 2 is 1.77 bits per heavy atom. The van der Waals surface area contributed by atoms with Crippen LogP contribution in [-0.2, 0) is 6.54 Å².